The van der Waals surface area contributed by atoms with E-state index in [0.717, 1.165) is 51.4 Å². The van der Waals surface area contributed by atoms with Gasteiger partial charge in [0.25, 0.3) is 5.97 Å². The maximum Gasteiger partial charge on any atom is 0.284 e. The van der Waals surface area contributed by atoms with Gasteiger partial charge < -0.3 is 20.4 Å². The van der Waals surface area contributed by atoms with Gasteiger partial charge in [0.15, 0.2) is 0 Å². The number of carbonyl (C=O) groups is 1. The lowest BCUT2D eigenvalue weighted by Gasteiger charge is -2.64. The van der Waals surface area contributed by atoms with Crippen molar-refractivity contribution in [3.8, 4) is 0 Å². The lowest BCUT2D eigenvalue weighted by Crippen LogP contribution is -2.69. The van der Waals surface area contributed by atoms with E-state index in [4.69, 9.17) is 0 Å². The molecule has 0 aromatic heterocycles. The number of carbonyl (C=O) groups excluding carboxylic acids is 1. The summed E-state index contributed by atoms with van der Waals surface area (Å²) in [6.07, 6.45) is 9.10. The topological polar surface area (TPSA) is 98.0 Å². The molecule has 4 rings (SSSR count). The minimum Gasteiger partial charge on any atom is -0.392 e. The Morgan fingerprint density at radius 3 is 2.34 bits per heavy atom. The Labute approximate surface area is 194 Å². The van der Waals surface area contributed by atoms with Crippen LogP contribution < -0.4 is 0 Å². The Morgan fingerprint density at radius 1 is 0.969 bits per heavy atom. The number of Topliss-reactive ketones (excluding diaryl/α,β-unsaturated/α-hetero) is 1. The van der Waals surface area contributed by atoms with Gasteiger partial charge in [-0.15, -0.1) is 0 Å². The molecule has 32 heavy (non-hydrogen) atoms. The van der Waals surface area contributed by atoms with Gasteiger partial charge >= 0.3 is 0 Å². The van der Waals surface area contributed by atoms with Crippen molar-refractivity contribution in [3.05, 3.63) is 0 Å². The maximum atomic E-state index is 12.2. The van der Waals surface area contributed by atoms with Crippen molar-refractivity contribution in [2.75, 3.05) is 0 Å². The Bertz CT molecular complexity index is 699. The second kappa shape index (κ2) is 8.62. The monoisotopic (exact) mass is 450 g/mol. The van der Waals surface area contributed by atoms with E-state index >= 15 is 0 Å². The van der Waals surface area contributed by atoms with Gasteiger partial charge in [0.2, 0.25) is 0 Å². The maximum absolute atomic E-state index is 12.2. The van der Waals surface area contributed by atoms with Crippen LogP contribution in [0.5, 0.6) is 0 Å². The summed E-state index contributed by atoms with van der Waals surface area (Å²) < 4.78 is 0. The Kier molecular flexibility index (Phi) is 6.64. The fourth-order valence-electron chi connectivity index (χ4n) is 9.50. The van der Waals surface area contributed by atoms with Crippen LogP contribution in [-0.4, -0.2) is 38.3 Å². The van der Waals surface area contributed by atoms with Crippen LogP contribution in [0, 0.1) is 52.3 Å². The molecule has 5 heteroatoms. The molecule has 9 atom stereocenters. The van der Waals surface area contributed by atoms with Crippen molar-refractivity contribution in [3.63, 3.8) is 0 Å². The van der Waals surface area contributed by atoms with E-state index in [0.29, 0.717) is 42.3 Å². The van der Waals surface area contributed by atoms with Crippen molar-refractivity contribution in [1.29, 1.82) is 0 Å². The second-order valence-electron chi connectivity index (χ2n) is 12.5. The Balaban J connectivity index is 1.57. The number of hydrogen-bond acceptors (Lipinski definition) is 5. The van der Waals surface area contributed by atoms with E-state index in [9.17, 15) is 25.2 Å². The predicted molar refractivity (Wildman–Crippen MR) is 123 cm³/mol. The van der Waals surface area contributed by atoms with Crippen molar-refractivity contribution in [2.24, 2.45) is 52.3 Å². The van der Waals surface area contributed by atoms with Crippen LogP contribution in [0.4, 0.5) is 0 Å². The highest BCUT2D eigenvalue weighted by Gasteiger charge is 2.70. The summed E-state index contributed by atoms with van der Waals surface area (Å²) in [5.74, 6) is -0.562. The standard InChI is InChI=1S/C27H46O5/c1-16(2)23(28)13-8-17(3)20-11-12-21-19-10-9-18-6-5-7-24(29)26(18,27(30,31)32)22(19)14-15-25(20,21)4/h16-22,24,29-32H,5-15H2,1-4H3/t17-,18+,19+,20-,21-,22-,24?,25+,26-/m0/s1. The average molecular weight is 451 g/mol. The molecule has 4 N–H and O–H groups in total. The zero-order valence-corrected chi connectivity index (χ0v) is 20.6. The molecule has 0 heterocycles. The first kappa shape index (κ1) is 24.6. The highest BCUT2D eigenvalue weighted by molar-refractivity contribution is 5.80. The highest BCUT2D eigenvalue weighted by Crippen LogP contribution is 2.70. The molecule has 0 bridgehead atoms. The molecule has 0 radical (unpaired) electrons. The van der Waals surface area contributed by atoms with Crippen LogP contribution in [-0.2, 0) is 4.79 Å². The molecule has 0 spiro atoms. The highest BCUT2D eigenvalue weighted by atomic mass is 16.7. The van der Waals surface area contributed by atoms with E-state index in [1.165, 1.54) is 6.42 Å². The second-order valence-corrected chi connectivity index (χ2v) is 12.5. The van der Waals surface area contributed by atoms with Gasteiger partial charge in [-0.2, -0.15) is 0 Å². The lowest BCUT2D eigenvalue weighted by atomic mass is 9.42. The third-order valence-electron chi connectivity index (χ3n) is 11.0. The summed E-state index contributed by atoms with van der Waals surface area (Å²) >= 11 is 0. The fraction of sp³-hybridized carbons (Fsp3) is 0.963. The van der Waals surface area contributed by atoms with Crippen molar-refractivity contribution in [2.45, 2.75) is 110 Å². The molecule has 4 aliphatic rings. The first-order valence-electron chi connectivity index (χ1n) is 13.3. The largest absolute Gasteiger partial charge is 0.392 e. The van der Waals surface area contributed by atoms with Crippen LogP contribution in [0.15, 0.2) is 0 Å². The summed E-state index contributed by atoms with van der Waals surface area (Å²) in [5.41, 5.74) is -1.03. The minimum absolute atomic E-state index is 0.0324. The molecule has 5 nitrogen and oxygen atoms in total. The van der Waals surface area contributed by atoms with Crippen molar-refractivity contribution in [1.82, 2.24) is 0 Å². The molecule has 0 aliphatic heterocycles. The first-order valence-corrected chi connectivity index (χ1v) is 13.3. The lowest BCUT2D eigenvalue weighted by molar-refractivity contribution is -0.430. The fourth-order valence-corrected chi connectivity index (χ4v) is 9.50. The number of rotatable bonds is 6. The summed E-state index contributed by atoms with van der Waals surface area (Å²) in [6.45, 7) is 8.72. The zero-order chi connectivity index (χ0) is 23.5. The molecule has 4 saturated carbocycles. The molecule has 0 saturated heterocycles. The van der Waals surface area contributed by atoms with Crippen LogP contribution in [0.3, 0.4) is 0 Å². The minimum atomic E-state index is -2.84. The number of fused-ring (bicyclic) bond motifs is 5. The number of ketones is 1. The van der Waals surface area contributed by atoms with E-state index < -0.39 is 17.5 Å². The molecule has 4 aliphatic carbocycles. The number of hydrogen-bond donors (Lipinski definition) is 4. The molecular formula is C27H46O5. The quantitative estimate of drug-likeness (QED) is 0.453. The number of aliphatic hydroxyl groups excluding tert-OH is 1. The normalized spacial score (nSPS) is 45.2. The summed E-state index contributed by atoms with van der Waals surface area (Å²) in [7, 11) is 0. The molecule has 1 unspecified atom stereocenters. The van der Waals surface area contributed by atoms with Crippen molar-refractivity contribution < 1.29 is 25.2 Å². The average Bonchev–Trinajstić information content (AvgIpc) is 3.08. The molecule has 184 valence electrons. The third kappa shape index (κ3) is 3.61. The summed E-state index contributed by atoms with van der Waals surface area (Å²) in [4.78, 5) is 12.2. The smallest absolute Gasteiger partial charge is 0.284 e. The Hall–Kier alpha value is -0.490. The molecule has 0 aromatic carbocycles. The SMILES string of the molecule is CC(C)C(=O)CC[C@H](C)[C@@H]1CC[C@H]2[C@H]3CC[C@H]4CCCC(O)[C@@]4(C(O)(O)O)[C@H]3CC[C@@]21C. The van der Waals surface area contributed by atoms with Crippen LogP contribution in [0.1, 0.15) is 98.3 Å². The molecule has 0 amide bonds. The van der Waals surface area contributed by atoms with E-state index in [1.807, 2.05) is 13.8 Å². The van der Waals surface area contributed by atoms with Crippen LogP contribution in [0.25, 0.3) is 0 Å². The zero-order valence-electron chi connectivity index (χ0n) is 20.6. The van der Waals surface area contributed by atoms with Gasteiger partial charge in [0.05, 0.1) is 11.5 Å². The van der Waals surface area contributed by atoms with Gasteiger partial charge in [0.1, 0.15) is 5.78 Å². The number of aliphatic hydroxyl groups is 4. The van der Waals surface area contributed by atoms with Crippen molar-refractivity contribution >= 4 is 5.78 Å². The van der Waals surface area contributed by atoms with Gasteiger partial charge in [-0.1, -0.05) is 34.1 Å². The van der Waals surface area contributed by atoms with Gasteiger partial charge in [0, 0.05) is 12.3 Å². The van der Waals surface area contributed by atoms with Gasteiger partial charge in [-0.3, -0.25) is 4.79 Å². The van der Waals surface area contributed by atoms with E-state index in [2.05, 4.69) is 13.8 Å². The van der Waals surface area contributed by atoms with E-state index in [1.54, 1.807) is 0 Å². The predicted octanol–water partition coefficient (Wildman–Crippen LogP) is 4.26. The van der Waals surface area contributed by atoms with E-state index in [-0.39, 0.29) is 23.2 Å². The Morgan fingerprint density at radius 2 is 1.69 bits per heavy atom. The van der Waals surface area contributed by atoms with Gasteiger partial charge in [-0.25, -0.2) is 0 Å². The summed E-state index contributed by atoms with van der Waals surface area (Å²) in [6, 6.07) is 0. The molecular weight excluding hydrogens is 404 g/mol. The summed E-state index contributed by atoms with van der Waals surface area (Å²) in [5, 5.41) is 43.1. The first-order chi connectivity index (χ1) is 14.9. The molecule has 4 fully saturated rings. The third-order valence-corrected chi connectivity index (χ3v) is 11.0. The van der Waals surface area contributed by atoms with Gasteiger partial charge in [-0.05, 0) is 98.7 Å². The molecule has 0 aromatic rings. The van der Waals surface area contributed by atoms with Crippen LogP contribution in [0.2, 0.25) is 0 Å². The van der Waals surface area contributed by atoms with Crippen LogP contribution >= 0.6 is 0 Å².